The molecule has 0 aliphatic heterocycles. The highest BCUT2D eigenvalue weighted by Crippen LogP contribution is 2.50. The summed E-state index contributed by atoms with van der Waals surface area (Å²) in [6.45, 7) is 7.90. The van der Waals surface area contributed by atoms with Crippen molar-refractivity contribution in [1.29, 1.82) is 0 Å². The molecule has 4 rings (SSSR count). The molecular formula is C29H27O2P. The van der Waals surface area contributed by atoms with Gasteiger partial charge in [-0.3, -0.25) is 4.79 Å². The molecule has 0 saturated carbocycles. The van der Waals surface area contributed by atoms with Crippen LogP contribution in [0.3, 0.4) is 0 Å². The Bertz CT molecular complexity index is 1330. The van der Waals surface area contributed by atoms with Crippen LogP contribution in [0.1, 0.15) is 32.6 Å². The molecule has 32 heavy (non-hydrogen) atoms. The molecule has 4 aromatic carbocycles. The van der Waals surface area contributed by atoms with Gasteiger partial charge in [0.15, 0.2) is 0 Å². The molecular weight excluding hydrogens is 411 g/mol. The summed E-state index contributed by atoms with van der Waals surface area (Å²) in [5.41, 5.74) is 5.97. The van der Waals surface area contributed by atoms with Crippen molar-refractivity contribution in [3.63, 3.8) is 0 Å². The van der Waals surface area contributed by atoms with E-state index in [9.17, 15) is 4.79 Å². The van der Waals surface area contributed by atoms with Gasteiger partial charge in [0, 0.05) is 16.2 Å². The second kappa shape index (κ2) is 8.73. The highest BCUT2D eigenvalue weighted by Gasteiger charge is 2.39. The minimum absolute atomic E-state index is 0.306. The topological polar surface area (TPSA) is 34.1 Å². The normalized spacial score (nSPS) is 12.9. The zero-order valence-corrected chi connectivity index (χ0v) is 19.8. The van der Waals surface area contributed by atoms with Crippen LogP contribution in [-0.4, -0.2) is 5.52 Å². The quantitative estimate of drug-likeness (QED) is 0.323. The smallest absolute Gasteiger partial charge is 0.230 e. The van der Waals surface area contributed by atoms with Crippen molar-refractivity contribution in [2.75, 3.05) is 0 Å². The highest BCUT2D eigenvalue weighted by molar-refractivity contribution is 7.93. The van der Waals surface area contributed by atoms with Crippen molar-refractivity contribution in [3.05, 3.63) is 119 Å². The summed E-state index contributed by atoms with van der Waals surface area (Å²) in [5.74, 6) is 0. The monoisotopic (exact) mass is 438 g/mol. The molecule has 0 amide bonds. The van der Waals surface area contributed by atoms with E-state index in [2.05, 4.69) is 0 Å². The van der Waals surface area contributed by atoms with E-state index in [1.54, 1.807) is 0 Å². The van der Waals surface area contributed by atoms with Crippen molar-refractivity contribution in [2.24, 2.45) is 0 Å². The van der Waals surface area contributed by atoms with Gasteiger partial charge in [-0.2, -0.15) is 0 Å². The maximum atomic E-state index is 15.1. The summed E-state index contributed by atoms with van der Waals surface area (Å²) in [4.78, 5) is 14.2. The first-order valence-electron chi connectivity index (χ1n) is 10.8. The van der Waals surface area contributed by atoms with Crippen molar-refractivity contribution in [1.82, 2.24) is 0 Å². The molecule has 3 heteroatoms. The predicted octanol–water partition coefficient (Wildman–Crippen LogP) is 6.74. The van der Waals surface area contributed by atoms with Crippen molar-refractivity contribution < 1.29 is 9.36 Å². The van der Waals surface area contributed by atoms with Gasteiger partial charge in [0.25, 0.3) is 0 Å². The van der Waals surface area contributed by atoms with E-state index >= 15 is 4.57 Å². The Morgan fingerprint density at radius 2 is 1.16 bits per heavy atom. The van der Waals surface area contributed by atoms with Crippen LogP contribution in [0.25, 0.3) is 11.1 Å². The standard InChI is InChI=1S/C29H27O2P/c1-20-18-22(3)28(23(4)19-20)29(30)32(31,24-13-6-5-7-14-24)27-17-11-10-16-26(27)25-15-9-8-12-21(25)2/h5-19H,1-4H3. The lowest BCUT2D eigenvalue weighted by Gasteiger charge is -2.23. The Balaban J connectivity index is 2.05. The maximum Gasteiger partial charge on any atom is 0.230 e. The predicted molar refractivity (Wildman–Crippen MR) is 135 cm³/mol. The molecule has 0 aromatic heterocycles. The van der Waals surface area contributed by atoms with Crippen molar-refractivity contribution in [2.45, 2.75) is 27.7 Å². The first-order valence-corrected chi connectivity index (χ1v) is 12.5. The fraction of sp³-hybridized carbons (Fsp3) is 0.138. The molecule has 0 bridgehead atoms. The first kappa shape index (κ1) is 22.0. The van der Waals surface area contributed by atoms with Gasteiger partial charge in [-0.15, -0.1) is 0 Å². The fourth-order valence-electron chi connectivity index (χ4n) is 4.53. The third-order valence-corrected chi connectivity index (χ3v) is 8.86. The second-order valence-corrected chi connectivity index (χ2v) is 11.0. The van der Waals surface area contributed by atoms with Gasteiger partial charge < -0.3 is 4.57 Å². The van der Waals surface area contributed by atoms with Crippen molar-refractivity contribution >= 4 is 23.3 Å². The lowest BCUT2D eigenvalue weighted by molar-refractivity contribution is 0.107. The van der Waals surface area contributed by atoms with E-state index in [0.29, 0.717) is 16.2 Å². The summed E-state index contributed by atoms with van der Waals surface area (Å²) in [6.07, 6.45) is 0. The second-order valence-electron chi connectivity index (χ2n) is 8.36. The molecule has 1 atom stereocenters. The Labute approximate surface area is 190 Å². The van der Waals surface area contributed by atoms with E-state index in [4.69, 9.17) is 0 Å². The van der Waals surface area contributed by atoms with E-state index < -0.39 is 7.14 Å². The van der Waals surface area contributed by atoms with E-state index in [-0.39, 0.29) is 5.52 Å². The molecule has 0 aliphatic carbocycles. The third kappa shape index (κ3) is 3.76. The van der Waals surface area contributed by atoms with Crippen LogP contribution >= 0.6 is 7.14 Å². The Morgan fingerprint density at radius 1 is 0.625 bits per heavy atom. The first-order chi connectivity index (χ1) is 15.3. The molecule has 0 saturated heterocycles. The van der Waals surface area contributed by atoms with E-state index in [1.165, 1.54) is 0 Å². The number of hydrogen-bond donors (Lipinski definition) is 0. The third-order valence-electron chi connectivity index (χ3n) is 5.98. The van der Waals surface area contributed by atoms with Crippen LogP contribution in [-0.2, 0) is 4.57 Å². The lowest BCUT2D eigenvalue weighted by atomic mass is 10.0. The highest BCUT2D eigenvalue weighted by atomic mass is 31.2. The van der Waals surface area contributed by atoms with Gasteiger partial charge in [0.1, 0.15) is 0 Å². The van der Waals surface area contributed by atoms with Gasteiger partial charge in [-0.1, -0.05) is 96.6 Å². The van der Waals surface area contributed by atoms with Crippen LogP contribution in [0.5, 0.6) is 0 Å². The molecule has 1 unspecified atom stereocenters. The molecule has 160 valence electrons. The van der Waals surface area contributed by atoms with Gasteiger partial charge in [0.2, 0.25) is 12.7 Å². The van der Waals surface area contributed by atoms with E-state index in [0.717, 1.165) is 33.4 Å². The van der Waals surface area contributed by atoms with Crippen molar-refractivity contribution in [3.8, 4) is 11.1 Å². The van der Waals surface area contributed by atoms with Crippen LogP contribution in [0.15, 0.2) is 91.0 Å². The maximum absolute atomic E-state index is 15.1. The zero-order chi connectivity index (χ0) is 22.9. The summed E-state index contributed by atoms with van der Waals surface area (Å²) < 4.78 is 15.1. The van der Waals surface area contributed by atoms with Crippen LogP contribution in [0.4, 0.5) is 0 Å². The molecule has 0 spiro atoms. The number of aryl methyl sites for hydroxylation is 4. The number of hydrogen-bond acceptors (Lipinski definition) is 2. The van der Waals surface area contributed by atoms with Crippen LogP contribution < -0.4 is 10.6 Å². The van der Waals surface area contributed by atoms with Crippen LogP contribution in [0.2, 0.25) is 0 Å². The molecule has 0 aliphatic rings. The molecule has 0 radical (unpaired) electrons. The van der Waals surface area contributed by atoms with Gasteiger partial charge in [-0.05, 0) is 55.5 Å². The largest absolute Gasteiger partial charge is 0.305 e. The Hall–Kier alpha value is -3.22. The summed E-state index contributed by atoms with van der Waals surface area (Å²) >= 11 is 0. The van der Waals surface area contributed by atoms with Crippen LogP contribution in [0, 0.1) is 27.7 Å². The van der Waals surface area contributed by atoms with Gasteiger partial charge in [-0.25, -0.2) is 0 Å². The Kier molecular flexibility index (Phi) is 6.00. The average Bonchev–Trinajstić information content (AvgIpc) is 2.79. The number of carbonyl (C=O) groups excluding carboxylic acids is 1. The van der Waals surface area contributed by atoms with Gasteiger partial charge in [0.05, 0.1) is 0 Å². The van der Waals surface area contributed by atoms with Gasteiger partial charge >= 0.3 is 0 Å². The molecule has 0 N–H and O–H groups in total. The average molecular weight is 439 g/mol. The molecule has 2 nitrogen and oxygen atoms in total. The minimum Gasteiger partial charge on any atom is -0.305 e. The summed E-state index contributed by atoms with van der Waals surface area (Å²) in [5, 5.41) is 1.15. The summed E-state index contributed by atoms with van der Waals surface area (Å²) in [6, 6.07) is 28.8. The molecule has 4 aromatic rings. The number of rotatable bonds is 5. The summed E-state index contributed by atoms with van der Waals surface area (Å²) in [7, 11) is -3.67. The number of benzene rings is 4. The lowest BCUT2D eigenvalue weighted by Crippen LogP contribution is -2.25. The Morgan fingerprint density at radius 3 is 1.78 bits per heavy atom. The fourth-order valence-corrected chi connectivity index (χ4v) is 7.35. The number of carbonyl (C=O) groups is 1. The molecule has 0 heterocycles. The minimum atomic E-state index is -3.67. The molecule has 0 fully saturated rings. The SMILES string of the molecule is Cc1cc(C)c(C(=O)P(=O)(c2ccccc2)c2ccccc2-c2ccccc2C)c(C)c1. The zero-order valence-electron chi connectivity index (χ0n) is 18.9. The van der Waals surface area contributed by atoms with E-state index in [1.807, 2.05) is 119 Å².